The summed E-state index contributed by atoms with van der Waals surface area (Å²) in [6.45, 7) is 0.669. The predicted molar refractivity (Wildman–Crippen MR) is 85.8 cm³/mol. The summed E-state index contributed by atoms with van der Waals surface area (Å²) < 4.78 is 0. The van der Waals surface area contributed by atoms with Crippen molar-refractivity contribution < 1.29 is 4.79 Å². The lowest BCUT2D eigenvalue weighted by Gasteiger charge is -2.15. The Bertz CT molecular complexity index is 818. The highest BCUT2D eigenvalue weighted by Crippen LogP contribution is 2.49. The van der Waals surface area contributed by atoms with E-state index < -0.39 is 0 Å². The number of H-pyrrole nitrogens is 1. The largest absolute Gasteiger partial charge is 0.361 e. The molecule has 2 N–H and O–H groups in total. The molecule has 110 valence electrons. The molecule has 0 saturated heterocycles. The number of nitrogens with one attached hydrogen (secondary N) is 2. The summed E-state index contributed by atoms with van der Waals surface area (Å²) in [6.07, 6.45) is 7.59. The van der Waals surface area contributed by atoms with Crippen LogP contribution in [0.4, 0.5) is 0 Å². The molecule has 1 aromatic carbocycles. The Morgan fingerprint density at radius 2 is 2.09 bits per heavy atom. The first-order chi connectivity index (χ1) is 10.8. The van der Waals surface area contributed by atoms with Gasteiger partial charge >= 0.3 is 0 Å². The van der Waals surface area contributed by atoms with Crippen molar-refractivity contribution in [2.45, 2.75) is 18.3 Å². The van der Waals surface area contributed by atoms with E-state index in [0.29, 0.717) is 12.1 Å². The van der Waals surface area contributed by atoms with Crippen LogP contribution in [0.25, 0.3) is 10.9 Å². The van der Waals surface area contributed by atoms with Gasteiger partial charge in [0, 0.05) is 41.5 Å². The number of pyridine rings is 1. The van der Waals surface area contributed by atoms with Gasteiger partial charge < -0.3 is 10.3 Å². The molecule has 1 fully saturated rings. The topological polar surface area (TPSA) is 57.8 Å². The van der Waals surface area contributed by atoms with E-state index in [1.807, 2.05) is 6.07 Å². The third-order valence-corrected chi connectivity index (χ3v) is 4.53. The Morgan fingerprint density at radius 3 is 2.86 bits per heavy atom. The number of amides is 1. The summed E-state index contributed by atoms with van der Waals surface area (Å²) in [4.78, 5) is 19.5. The fraction of sp³-hybridized carbons (Fsp3) is 0.222. The molecule has 22 heavy (non-hydrogen) atoms. The monoisotopic (exact) mass is 291 g/mol. The van der Waals surface area contributed by atoms with E-state index >= 15 is 0 Å². The second kappa shape index (κ2) is 4.98. The lowest BCUT2D eigenvalue weighted by Crippen LogP contribution is -2.32. The lowest BCUT2D eigenvalue weighted by molar-refractivity contribution is 0.0949. The van der Waals surface area contributed by atoms with E-state index in [4.69, 9.17) is 0 Å². The Balaban J connectivity index is 1.54. The number of hydrogen-bond acceptors (Lipinski definition) is 2. The van der Waals surface area contributed by atoms with Crippen LogP contribution in [0.3, 0.4) is 0 Å². The van der Waals surface area contributed by atoms with Crippen molar-refractivity contribution in [2.75, 3.05) is 6.54 Å². The minimum Gasteiger partial charge on any atom is -0.361 e. The van der Waals surface area contributed by atoms with Gasteiger partial charge in [0.15, 0.2) is 0 Å². The molecule has 0 atom stereocenters. The van der Waals surface area contributed by atoms with Gasteiger partial charge in [0.25, 0.3) is 5.91 Å². The van der Waals surface area contributed by atoms with Crippen LogP contribution >= 0.6 is 0 Å². The highest BCUT2D eigenvalue weighted by atomic mass is 16.1. The number of rotatable bonds is 4. The zero-order valence-electron chi connectivity index (χ0n) is 12.2. The molecule has 0 unspecified atom stereocenters. The SMILES string of the molecule is O=C(NCC1(c2c[nH]c3ccccc23)CC1)c1cccnc1. The standard InChI is InChI=1S/C18H17N3O/c22-17(13-4-3-9-19-10-13)21-12-18(7-8-18)15-11-20-16-6-2-1-5-14(15)16/h1-6,9-11,20H,7-8,12H2,(H,21,22). The quantitative estimate of drug-likeness (QED) is 0.776. The predicted octanol–water partition coefficient (Wildman–Crippen LogP) is 3.02. The molecular formula is C18H17N3O. The summed E-state index contributed by atoms with van der Waals surface area (Å²) >= 11 is 0. The molecule has 2 aromatic heterocycles. The van der Waals surface area contributed by atoms with Crippen LogP contribution in [0, 0.1) is 0 Å². The van der Waals surface area contributed by atoms with Crippen LogP contribution in [-0.2, 0) is 5.41 Å². The second-order valence-corrected chi connectivity index (χ2v) is 5.95. The fourth-order valence-corrected chi connectivity index (χ4v) is 3.05. The first-order valence-corrected chi connectivity index (χ1v) is 7.53. The van der Waals surface area contributed by atoms with Crippen LogP contribution in [-0.4, -0.2) is 22.4 Å². The molecule has 1 aliphatic rings. The van der Waals surface area contributed by atoms with Crippen molar-refractivity contribution in [1.82, 2.24) is 15.3 Å². The van der Waals surface area contributed by atoms with Crippen LogP contribution in [0.15, 0.2) is 55.0 Å². The van der Waals surface area contributed by atoms with Crippen LogP contribution in [0.1, 0.15) is 28.8 Å². The Labute approximate surface area is 128 Å². The van der Waals surface area contributed by atoms with Crippen molar-refractivity contribution in [1.29, 1.82) is 0 Å². The Hall–Kier alpha value is -2.62. The van der Waals surface area contributed by atoms with E-state index in [0.717, 1.165) is 18.4 Å². The number of hydrogen-bond donors (Lipinski definition) is 2. The van der Waals surface area contributed by atoms with Gasteiger partial charge in [0.1, 0.15) is 0 Å². The Morgan fingerprint density at radius 1 is 1.23 bits per heavy atom. The van der Waals surface area contributed by atoms with Crippen LogP contribution in [0.5, 0.6) is 0 Å². The number of aromatic nitrogens is 2. The van der Waals surface area contributed by atoms with Crippen molar-refractivity contribution in [2.24, 2.45) is 0 Å². The van der Waals surface area contributed by atoms with Gasteiger partial charge in [0.05, 0.1) is 5.56 Å². The maximum Gasteiger partial charge on any atom is 0.252 e. The summed E-state index contributed by atoms with van der Waals surface area (Å²) in [5.41, 5.74) is 3.16. The molecule has 0 aliphatic heterocycles. The summed E-state index contributed by atoms with van der Waals surface area (Å²) in [5.74, 6) is -0.0563. The zero-order chi connectivity index (χ0) is 15.0. The number of nitrogens with zero attached hydrogens (tertiary/aromatic N) is 1. The molecule has 1 saturated carbocycles. The van der Waals surface area contributed by atoms with Crippen molar-refractivity contribution in [3.63, 3.8) is 0 Å². The van der Waals surface area contributed by atoms with E-state index in [-0.39, 0.29) is 11.3 Å². The van der Waals surface area contributed by atoms with E-state index in [1.54, 1.807) is 24.5 Å². The maximum absolute atomic E-state index is 12.2. The molecule has 4 heteroatoms. The maximum atomic E-state index is 12.2. The third-order valence-electron chi connectivity index (χ3n) is 4.53. The molecule has 2 heterocycles. The third kappa shape index (κ3) is 2.17. The van der Waals surface area contributed by atoms with Gasteiger partial charge in [-0.25, -0.2) is 0 Å². The molecule has 1 amide bonds. The van der Waals surface area contributed by atoms with Gasteiger partial charge in [-0.3, -0.25) is 9.78 Å². The minimum absolute atomic E-state index is 0.0563. The Kier molecular flexibility index (Phi) is 2.96. The molecule has 4 nitrogen and oxygen atoms in total. The second-order valence-electron chi connectivity index (χ2n) is 5.95. The molecule has 0 radical (unpaired) electrons. The van der Waals surface area contributed by atoms with E-state index in [2.05, 4.69) is 39.7 Å². The molecular weight excluding hydrogens is 274 g/mol. The smallest absolute Gasteiger partial charge is 0.252 e. The van der Waals surface area contributed by atoms with Gasteiger partial charge in [-0.05, 0) is 36.6 Å². The number of fused-ring (bicyclic) bond motifs is 1. The number of para-hydroxylation sites is 1. The van der Waals surface area contributed by atoms with Crippen molar-refractivity contribution in [3.05, 3.63) is 66.1 Å². The first-order valence-electron chi connectivity index (χ1n) is 7.53. The molecule has 1 aliphatic carbocycles. The van der Waals surface area contributed by atoms with Crippen LogP contribution in [0.2, 0.25) is 0 Å². The van der Waals surface area contributed by atoms with E-state index in [9.17, 15) is 4.79 Å². The average molecular weight is 291 g/mol. The number of aromatic amines is 1. The van der Waals surface area contributed by atoms with Gasteiger partial charge in [0.2, 0.25) is 0 Å². The lowest BCUT2D eigenvalue weighted by atomic mass is 9.95. The normalized spacial score (nSPS) is 15.6. The number of carbonyl (C=O) groups is 1. The van der Waals surface area contributed by atoms with Crippen LogP contribution < -0.4 is 5.32 Å². The average Bonchev–Trinajstić information content (AvgIpc) is 3.24. The van der Waals surface area contributed by atoms with Crippen molar-refractivity contribution in [3.8, 4) is 0 Å². The highest BCUT2D eigenvalue weighted by molar-refractivity contribution is 5.94. The van der Waals surface area contributed by atoms with Crippen molar-refractivity contribution >= 4 is 16.8 Å². The van der Waals surface area contributed by atoms with Gasteiger partial charge in [-0.2, -0.15) is 0 Å². The molecule has 0 bridgehead atoms. The number of benzene rings is 1. The molecule has 4 rings (SSSR count). The summed E-state index contributed by atoms with van der Waals surface area (Å²) in [5, 5.41) is 4.32. The molecule has 0 spiro atoms. The van der Waals surface area contributed by atoms with E-state index in [1.165, 1.54) is 10.9 Å². The summed E-state index contributed by atoms with van der Waals surface area (Å²) in [7, 11) is 0. The van der Waals surface area contributed by atoms with Gasteiger partial charge in [-0.15, -0.1) is 0 Å². The summed E-state index contributed by atoms with van der Waals surface area (Å²) in [6, 6.07) is 11.9. The minimum atomic E-state index is -0.0563. The molecule has 3 aromatic rings. The zero-order valence-corrected chi connectivity index (χ0v) is 12.2. The van der Waals surface area contributed by atoms with Gasteiger partial charge in [-0.1, -0.05) is 18.2 Å². The first kappa shape index (κ1) is 13.1. The fourth-order valence-electron chi connectivity index (χ4n) is 3.05. The number of carbonyl (C=O) groups excluding carboxylic acids is 1. The highest BCUT2D eigenvalue weighted by Gasteiger charge is 2.45.